The minimum absolute atomic E-state index is 0.255. The summed E-state index contributed by atoms with van der Waals surface area (Å²) in [6, 6.07) is 10.8. The molecule has 0 bridgehead atoms. The standard InChI is InChI=1S/C15H10N4O2/c16-14(20)8-5-6-11-18-12-9-3-1-2-4-10(9)17-13(12)15(21)19(11)7-8/h1-7,17H,(H2,16,20). The van der Waals surface area contributed by atoms with E-state index in [4.69, 9.17) is 5.73 Å². The Morgan fingerprint density at radius 3 is 2.81 bits per heavy atom. The number of rotatable bonds is 1. The van der Waals surface area contributed by atoms with E-state index in [9.17, 15) is 9.59 Å². The Kier molecular flexibility index (Phi) is 2.18. The number of primary amides is 1. The molecular weight excluding hydrogens is 268 g/mol. The molecule has 0 saturated heterocycles. The molecule has 0 aliphatic carbocycles. The smallest absolute Gasteiger partial charge is 0.282 e. The molecular formula is C15H10N4O2. The van der Waals surface area contributed by atoms with E-state index in [2.05, 4.69) is 9.97 Å². The number of nitrogens with one attached hydrogen (secondary N) is 1. The largest absolute Gasteiger partial charge is 0.366 e. The van der Waals surface area contributed by atoms with Crippen molar-refractivity contribution in [2.24, 2.45) is 5.73 Å². The fourth-order valence-corrected chi connectivity index (χ4v) is 2.53. The molecule has 4 rings (SSSR count). The number of benzene rings is 1. The number of aromatic amines is 1. The quantitative estimate of drug-likeness (QED) is 0.551. The third-order valence-corrected chi connectivity index (χ3v) is 3.55. The van der Waals surface area contributed by atoms with Crippen molar-refractivity contribution in [2.45, 2.75) is 0 Å². The summed E-state index contributed by atoms with van der Waals surface area (Å²) in [6.45, 7) is 0. The van der Waals surface area contributed by atoms with Gasteiger partial charge in [-0.2, -0.15) is 0 Å². The number of amides is 1. The van der Waals surface area contributed by atoms with Crippen LogP contribution in [-0.2, 0) is 0 Å². The zero-order valence-corrected chi connectivity index (χ0v) is 10.8. The Bertz CT molecular complexity index is 1090. The van der Waals surface area contributed by atoms with Gasteiger partial charge in [0.05, 0.1) is 5.56 Å². The van der Waals surface area contributed by atoms with Gasteiger partial charge in [0.25, 0.3) is 5.56 Å². The Balaban J connectivity index is 2.22. The lowest BCUT2D eigenvalue weighted by Gasteiger charge is -2.02. The maximum absolute atomic E-state index is 12.6. The number of nitrogens with zero attached hydrogens (tertiary/aromatic N) is 2. The van der Waals surface area contributed by atoms with Crippen molar-refractivity contribution >= 4 is 33.5 Å². The van der Waals surface area contributed by atoms with E-state index >= 15 is 0 Å². The molecule has 3 N–H and O–H groups in total. The van der Waals surface area contributed by atoms with Crippen LogP contribution in [0.5, 0.6) is 0 Å². The fraction of sp³-hybridized carbons (Fsp3) is 0. The van der Waals surface area contributed by atoms with Crippen molar-refractivity contribution in [1.82, 2.24) is 14.4 Å². The molecule has 21 heavy (non-hydrogen) atoms. The minimum atomic E-state index is -0.583. The van der Waals surface area contributed by atoms with Crippen molar-refractivity contribution < 1.29 is 4.79 Å². The minimum Gasteiger partial charge on any atom is -0.366 e. The number of pyridine rings is 1. The lowest BCUT2D eigenvalue weighted by molar-refractivity contribution is 0.1000. The van der Waals surface area contributed by atoms with E-state index in [1.165, 1.54) is 10.6 Å². The van der Waals surface area contributed by atoms with E-state index in [0.29, 0.717) is 16.7 Å². The normalized spacial score (nSPS) is 11.4. The molecule has 6 nitrogen and oxygen atoms in total. The maximum atomic E-state index is 12.6. The number of carbonyl (C=O) groups is 1. The second-order valence-electron chi connectivity index (χ2n) is 4.82. The highest BCUT2D eigenvalue weighted by Crippen LogP contribution is 2.21. The summed E-state index contributed by atoms with van der Waals surface area (Å²) >= 11 is 0. The molecule has 3 heterocycles. The number of carbonyl (C=O) groups excluding carboxylic acids is 1. The van der Waals surface area contributed by atoms with E-state index < -0.39 is 5.91 Å². The van der Waals surface area contributed by atoms with Crippen LogP contribution in [0.15, 0.2) is 47.4 Å². The van der Waals surface area contributed by atoms with Crippen LogP contribution < -0.4 is 11.3 Å². The van der Waals surface area contributed by atoms with Gasteiger partial charge in [0, 0.05) is 17.1 Å². The molecule has 0 unspecified atom stereocenters. The van der Waals surface area contributed by atoms with Gasteiger partial charge in [-0.15, -0.1) is 0 Å². The molecule has 0 saturated carbocycles. The zero-order valence-electron chi connectivity index (χ0n) is 10.8. The molecule has 1 aromatic carbocycles. The Hall–Kier alpha value is -3.15. The fourth-order valence-electron chi connectivity index (χ4n) is 2.53. The van der Waals surface area contributed by atoms with Gasteiger partial charge in [-0.1, -0.05) is 18.2 Å². The van der Waals surface area contributed by atoms with Crippen molar-refractivity contribution in [2.75, 3.05) is 0 Å². The highest BCUT2D eigenvalue weighted by molar-refractivity contribution is 6.05. The number of hydrogen-bond acceptors (Lipinski definition) is 3. The summed E-state index contributed by atoms with van der Waals surface area (Å²) in [5, 5.41) is 0.895. The van der Waals surface area contributed by atoms with Crippen LogP contribution in [-0.4, -0.2) is 20.3 Å². The second-order valence-corrected chi connectivity index (χ2v) is 4.82. The van der Waals surface area contributed by atoms with Crippen LogP contribution >= 0.6 is 0 Å². The van der Waals surface area contributed by atoms with Crippen LogP contribution in [0.2, 0.25) is 0 Å². The van der Waals surface area contributed by atoms with E-state index in [1.807, 2.05) is 24.3 Å². The Morgan fingerprint density at radius 2 is 2.00 bits per heavy atom. The van der Waals surface area contributed by atoms with Gasteiger partial charge in [-0.25, -0.2) is 4.98 Å². The number of fused-ring (bicyclic) bond motifs is 4. The van der Waals surface area contributed by atoms with Crippen LogP contribution in [0.25, 0.3) is 27.6 Å². The summed E-state index contributed by atoms with van der Waals surface area (Å²) in [5.74, 6) is -0.583. The third kappa shape index (κ3) is 1.56. The summed E-state index contributed by atoms with van der Waals surface area (Å²) in [6.07, 6.45) is 1.41. The maximum Gasteiger partial charge on any atom is 0.282 e. The summed E-state index contributed by atoms with van der Waals surface area (Å²) in [4.78, 5) is 31.4. The summed E-state index contributed by atoms with van der Waals surface area (Å²) in [5.41, 5.74) is 7.62. The second kappa shape index (κ2) is 3.92. The van der Waals surface area contributed by atoms with E-state index in [-0.39, 0.29) is 11.1 Å². The molecule has 0 aliphatic rings. The van der Waals surface area contributed by atoms with Crippen molar-refractivity contribution in [3.63, 3.8) is 0 Å². The first kappa shape index (κ1) is 11.7. The average molecular weight is 278 g/mol. The van der Waals surface area contributed by atoms with Crippen LogP contribution in [0, 0.1) is 0 Å². The topological polar surface area (TPSA) is 93.2 Å². The van der Waals surface area contributed by atoms with Gasteiger partial charge in [0.2, 0.25) is 5.91 Å². The van der Waals surface area contributed by atoms with Gasteiger partial charge >= 0.3 is 0 Å². The van der Waals surface area contributed by atoms with E-state index in [1.54, 1.807) is 12.1 Å². The number of aromatic nitrogens is 3. The molecule has 0 radical (unpaired) electrons. The average Bonchev–Trinajstić information content (AvgIpc) is 2.86. The Morgan fingerprint density at radius 1 is 1.19 bits per heavy atom. The molecule has 4 aromatic rings. The van der Waals surface area contributed by atoms with Crippen LogP contribution in [0.1, 0.15) is 10.4 Å². The zero-order chi connectivity index (χ0) is 14.6. The van der Waals surface area contributed by atoms with Crippen molar-refractivity contribution in [3.05, 3.63) is 58.5 Å². The lowest BCUT2D eigenvalue weighted by atomic mass is 10.2. The first-order valence-electron chi connectivity index (χ1n) is 6.38. The van der Waals surface area contributed by atoms with Crippen molar-refractivity contribution in [1.29, 1.82) is 0 Å². The van der Waals surface area contributed by atoms with Gasteiger partial charge in [-0.3, -0.25) is 14.0 Å². The first-order chi connectivity index (χ1) is 10.1. The predicted molar refractivity (Wildman–Crippen MR) is 79.3 cm³/mol. The summed E-state index contributed by atoms with van der Waals surface area (Å²) in [7, 11) is 0. The highest BCUT2D eigenvalue weighted by atomic mass is 16.1. The molecule has 3 aromatic heterocycles. The van der Waals surface area contributed by atoms with E-state index in [0.717, 1.165) is 10.9 Å². The number of nitrogens with two attached hydrogens (primary N) is 1. The van der Waals surface area contributed by atoms with Gasteiger partial charge in [-0.05, 0) is 18.2 Å². The molecule has 0 spiro atoms. The molecule has 0 atom stereocenters. The third-order valence-electron chi connectivity index (χ3n) is 3.55. The van der Waals surface area contributed by atoms with Gasteiger partial charge in [0.15, 0.2) is 0 Å². The molecule has 0 fully saturated rings. The molecule has 6 heteroatoms. The van der Waals surface area contributed by atoms with Gasteiger partial charge in [0.1, 0.15) is 16.7 Å². The Labute approximate surface area is 117 Å². The number of para-hydroxylation sites is 1. The highest BCUT2D eigenvalue weighted by Gasteiger charge is 2.12. The summed E-state index contributed by atoms with van der Waals surface area (Å²) < 4.78 is 1.33. The molecule has 0 aliphatic heterocycles. The van der Waals surface area contributed by atoms with Gasteiger partial charge < -0.3 is 10.7 Å². The molecule has 1 amide bonds. The first-order valence-corrected chi connectivity index (χ1v) is 6.38. The van der Waals surface area contributed by atoms with Crippen LogP contribution in [0.3, 0.4) is 0 Å². The SMILES string of the molecule is NC(=O)c1ccc2nc3c([nH]c4ccccc43)c(=O)n2c1. The monoisotopic (exact) mass is 278 g/mol. The lowest BCUT2D eigenvalue weighted by Crippen LogP contribution is -2.18. The number of hydrogen-bond donors (Lipinski definition) is 2. The predicted octanol–water partition coefficient (Wildman–Crippen LogP) is 1.43. The van der Waals surface area contributed by atoms with Crippen LogP contribution in [0.4, 0.5) is 0 Å². The molecule has 102 valence electrons. The van der Waals surface area contributed by atoms with Crippen molar-refractivity contribution in [3.8, 4) is 0 Å². The number of H-pyrrole nitrogens is 1.